The van der Waals surface area contributed by atoms with Crippen molar-refractivity contribution in [1.29, 1.82) is 0 Å². The Bertz CT molecular complexity index is 1210. The van der Waals surface area contributed by atoms with Gasteiger partial charge in [0.05, 0.1) is 11.2 Å². The molecule has 1 aromatic carbocycles. The van der Waals surface area contributed by atoms with E-state index in [1.165, 1.54) is 28.8 Å². The Morgan fingerprint density at radius 2 is 1.91 bits per heavy atom. The molecule has 1 atom stereocenters. The lowest BCUT2D eigenvalue weighted by molar-refractivity contribution is -0.122. The molecule has 6 nitrogen and oxygen atoms in total. The van der Waals surface area contributed by atoms with Gasteiger partial charge in [0.15, 0.2) is 0 Å². The van der Waals surface area contributed by atoms with E-state index in [1.54, 1.807) is 6.20 Å². The zero-order chi connectivity index (χ0) is 21.7. The summed E-state index contributed by atoms with van der Waals surface area (Å²) in [6.45, 7) is 1.91. The lowest BCUT2D eigenvalue weighted by Gasteiger charge is -2.24. The highest BCUT2D eigenvalue weighted by molar-refractivity contribution is 5.98. The van der Waals surface area contributed by atoms with Gasteiger partial charge >= 0.3 is 0 Å². The van der Waals surface area contributed by atoms with Gasteiger partial charge in [0.2, 0.25) is 5.91 Å². The lowest BCUT2D eigenvalue weighted by atomic mass is 9.85. The average molecular weight is 464 g/mol. The highest BCUT2D eigenvalue weighted by Gasteiger charge is 2.28. The largest absolute Gasteiger partial charge is 0.369 e. The average Bonchev–Trinajstić information content (AvgIpc) is 3.39. The minimum atomic E-state index is 0. The number of rotatable bonds is 4. The van der Waals surface area contributed by atoms with E-state index in [4.69, 9.17) is 10.7 Å². The fourth-order valence-electron chi connectivity index (χ4n) is 5.35. The van der Waals surface area contributed by atoms with Gasteiger partial charge in [0.25, 0.3) is 0 Å². The second-order valence-electron chi connectivity index (χ2n) is 9.51. The molecule has 2 aliphatic carbocycles. The maximum atomic E-state index is 12.4. The summed E-state index contributed by atoms with van der Waals surface area (Å²) in [5.41, 5.74) is 13.5. The van der Waals surface area contributed by atoms with Crippen LogP contribution < -0.4 is 16.0 Å². The van der Waals surface area contributed by atoms with Crippen molar-refractivity contribution >= 4 is 40.7 Å². The summed E-state index contributed by atoms with van der Waals surface area (Å²) in [6.07, 6.45) is 9.25. The minimum absolute atomic E-state index is 0. The molecule has 3 aliphatic rings. The quantitative estimate of drug-likeness (QED) is 0.595. The molecule has 1 aliphatic heterocycles. The molecule has 1 saturated heterocycles. The number of carbonyl (C=O) groups is 1. The van der Waals surface area contributed by atoms with E-state index >= 15 is 0 Å². The van der Waals surface area contributed by atoms with Gasteiger partial charge in [-0.15, -0.1) is 12.4 Å². The third-order valence-corrected chi connectivity index (χ3v) is 7.34. The Morgan fingerprint density at radius 1 is 1.06 bits per heavy atom. The monoisotopic (exact) mass is 463 g/mol. The molecular weight excluding hydrogens is 434 g/mol. The Balaban J connectivity index is 0.00000228. The molecule has 0 spiro atoms. The number of aryl methyl sites for hydroxylation is 1. The molecule has 0 bridgehead atoms. The zero-order valence-corrected chi connectivity index (χ0v) is 19.5. The maximum absolute atomic E-state index is 12.4. The second-order valence-corrected chi connectivity index (χ2v) is 9.51. The third-order valence-electron chi connectivity index (χ3n) is 7.34. The molecular formula is C26H30ClN5O. The number of amides is 1. The summed E-state index contributed by atoms with van der Waals surface area (Å²) in [5, 5.41) is 4.20. The molecule has 7 heteroatoms. The predicted octanol–water partition coefficient (Wildman–Crippen LogP) is 4.48. The number of carbonyl (C=O) groups excluding carboxylic acids is 1. The number of aromatic nitrogens is 2. The van der Waals surface area contributed by atoms with Crippen LogP contribution in [-0.4, -0.2) is 35.0 Å². The molecule has 1 saturated carbocycles. The van der Waals surface area contributed by atoms with Gasteiger partial charge in [0.1, 0.15) is 5.82 Å². The molecule has 1 amide bonds. The van der Waals surface area contributed by atoms with E-state index in [-0.39, 0.29) is 30.3 Å². The summed E-state index contributed by atoms with van der Waals surface area (Å²) in [5.74, 6) is 0.854. The first-order valence-corrected chi connectivity index (χ1v) is 11.9. The number of hydrogen-bond donors (Lipinski definition) is 2. The first kappa shape index (κ1) is 22.1. The Kier molecular flexibility index (Phi) is 5.97. The van der Waals surface area contributed by atoms with Gasteiger partial charge in [-0.25, -0.2) is 4.98 Å². The first-order chi connectivity index (χ1) is 15.7. The van der Waals surface area contributed by atoms with Crippen molar-refractivity contribution in [2.75, 3.05) is 23.3 Å². The number of nitrogens with two attached hydrogens (primary N) is 1. The number of nitrogens with zero attached hydrogens (tertiary/aromatic N) is 3. The number of halogens is 1. The molecule has 0 radical (unpaired) electrons. The third kappa shape index (κ3) is 4.06. The van der Waals surface area contributed by atoms with Gasteiger partial charge in [-0.3, -0.25) is 9.78 Å². The van der Waals surface area contributed by atoms with Crippen LogP contribution in [0.3, 0.4) is 0 Å². The summed E-state index contributed by atoms with van der Waals surface area (Å²) < 4.78 is 0. The predicted molar refractivity (Wildman–Crippen MR) is 135 cm³/mol. The number of anilines is 2. The van der Waals surface area contributed by atoms with E-state index in [0.29, 0.717) is 5.82 Å². The number of nitrogens with one attached hydrogen (secondary N) is 1. The van der Waals surface area contributed by atoms with Crippen molar-refractivity contribution in [3.05, 3.63) is 47.8 Å². The molecule has 2 aromatic heterocycles. The summed E-state index contributed by atoms with van der Waals surface area (Å²) in [7, 11) is 0. The van der Waals surface area contributed by atoms with E-state index in [9.17, 15) is 4.79 Å². The van der Waals surface area contributed by atoms with Crippen molar-refractivity contribution in [3.8, 4) is 11.1 Å². The number of fused-ring (bicyclic) bond motifs is 2. The number of hydrogen-bond acceptors (Lipinski definition) is 5. The van der Waals surface area contributed by atoms with E-state index in [0.717, 1.165) is 68.3 Å². The molecule has 3 heterocycles. The van der Waals surface area contributed by atoms with Crippen LogP contribution in [0.15, 0.2) is 36.5 Å². The Labute approximate surface area is 200 Å². The van der Waals surface area contributed by atoms with E-state index in [1.807, 2.05) is 12.1 Å². The van der Waals surface area contributed by atoms with Crippen LogP contribution in [0.5, 0.6) is 0 Å². The fraction of sp³-hybridized carbons (Fsp3) is 0.423. The van der Waals surface area contributed by atoms with E-state index in [2.05, 4.69) is 33.4 Å². The molecule has 2 fully saturated rings. The van der Waals surface area contributed by atoms with Crippen molar-refractivity contribution in [1.82, 2.24) is 9.97 Å². The van der Waals surface area contributed by atoms with Crippen LogP contribution >= 0.6 is 12.4 Å². The van der Waals surface area contributed by atoms with Gasteiger partial charge in [0, 0.05) is 42.3 Å². The molecule has 33 heavy (non-hydrogen) atoms. The zero-order valence-electron chi connectivity index (χ0n) is 18.7. The minimum Gasteiger partial charge on any atom is -0.369 e. The van der Waals surface area contributed by atoms with Gasteiger partial charge in [-0.05, 0) is 79.5 Å². The summed E-state index contributed by atoms with van der Waals surface area (Å²) >= 11 is 0. The van der Waals surface area contributed by atoms with Crippen LogP contribution in [0, 0.1) is 5.92 Å². The summed E-state index contributed by atoms with van der Waals surface area (Å²) in [4.78, 5) is 24.2. The van der Waals surface area contributed by atoms with Crippen LogP contribution in [0.2, 0.25) is 0 Å². The van der Waals surface area contributed by atoms with Crippen LogP contribution in [0.25, 0.3) is 22.0 Å². The van der Waals surface area contributed by atoms with Crippen LogP contribution in [0.1, 0.15) is 43.4 Å². The smallest absolute Gasteiger partial charge is 0.228 e. The molecule has 1 unspecified atom stereocenters. The Morgan fingerprint density at radius 3 is 2.67 bits per heavy atom. The van der Waals surface area contributed by atoms with Crippen LogP contribution in [0.4, 0.5) is 11.5 Å². The number of pyridine rings is 2. The Hall–Kier alpha value is -2.70. The van der Waals surface area contributed by atoms with Gasteiger partial charge < -0.3 is 16.0 Å². The molecule has 6 rings (SSSR count). The van der Waals surface area contributed by atoms with Gasteiger partial charge in [-0.1, -0.05) is 12.5 Å². The molecule has 3 aromatic rings. The standard InChI is InChI=1S/C26H29N5O.ClH/c27-19-10-12-31(15-19)25-20-5-2-6-22(20)29-23-8-7-17(13-21(23)25)18-9-11-28-24(14-18)30-26(32)16-3-1-4-16;/h7-9,11,13-14,16,19H,1-6,10,12,15,27H2,(H,28,30,32);1H. The highest BCUT2D eigenvalue weighted by Crippen LogP contribution is 2.39. The fourth-order valence-corrected chi connectivity index (χ4v) is 5.35. The summed E-state index contributed by atoms with van der Waals surface area (Å²) in [6, 6.07) is 10.7. The molecule has 3 N–H and O–H groups in total. The highest BCUT2D eigenvalue weighted by atomic mass is 35.5. The van der Waals surface area contributed by atoms with Crippen molar-refractivity contribution in [3.63, 3.8) is 0 Å². The van der Waals surface area contributed by atoms with Crippen LogP contribution in [-0.2, 0) is 17.6 Å². The van der Waals surface area contributed by atoms with Crippen molar-refractivity contribution < 1.29 is 4.79 Å². The normalized spacial score (nSPS) is 19.8. The SMILES string of the molecule is Cl.NC1CCN(c2c3c(nc4ccc(-c5ccnc(NC(=O)C6CCC6)c5)cc24)CCC3)C1. The lowest BCUT2D eigenvalue weighted by Crippen LogP contribution is -2.28. The van der Waals surface area contributed by atoms with Crippen molar-refractivity contribution in [2.24, 2.45) is 11.7 Å². The first-order valence-electron chi connectivity index (χ1n) is 11.9. The second kappa shape index (κ2) is 8.92. The van der Waals surface area contributed by atoms with E-state index < -0.39 is 0 Å². The molecule has 172 valence electrons. The van der Waals surface area contributed by atoms with Crippen molar-refractivity contribution in [2.45, 2.75) is 51.0 Å². The number of benzene rings is 1. The topological polar surface area (TPSA) is 84.1 Å². The maximum Gasteiger partial charge on any atom is 0.228 e. The van der Waals surface area contributed by atoms with Gasteiger partial charge in [-0.2, -0.15) is 0 Å².